The molecule has 0 fully saturated rings. The van der Waals surface area contributed by atoms with Gasteiger partial charge in [-0.05, 0) is 69.4 Å². The van der Waals surface area contributed by atoms with Gasteiger partial charge in [0, 0.05) is 13.1 Å². The maximum Gasteiger partial charge on any atom is 0.408 e. The van der Waals surface area contributed by atoms with Gasteiger partial charge in [-0.2, -0.15) is 0 Å². The molecule has 0 aliphatic heterocycles. The maximum absolute atomic E-state index is 13.8. The summed E-state index contributed by atoms with van der Waals surface area (Å²) in [6, 6.07) is 12.5. The lowest BCUT2D eigenvalue weighted by Crippen LogP contribution is -2.54. The summed E-state index contributed by atoms with van der Waals surface area (Å²) >= 11 is 0. The lowest BCUT2D eigenvalue weighted by atomic mass is 9.97. The van der Waals surface area contributed by atoms with Gasteiger partial charge in [-0.25, -0.2) is 4.79 Å². The molecule has 0 aliphatic carbocycles. The van der Waals surface area contributed by atoms with E-state index in [4.69, 9.17) is 4.74 Å². The summed E-state index contributed by atoms with van der Waals surface area (Å²) in [7, 11) is 0. The number of nitrogens with one attached hydrogen (secondary N) is 2. The number of nitrogens with zero attached hydrogens (tertiary/aromatic N) is 1. The fourth-order valence-electron chi connectivity index (χ4n) is 3.80. The highest BCUT2D eigenvalue weighted by Crippen LogP contribution is 2.27. The normalized spacial score (nSPS) is 13.0. The molecule has 0 saturated carbocycles. The molecule has 2 atom stereocenters. The Bertz CT molecular complexity index is 1050. The standard InChI is InChI=1S/C28H39N3O5/c1-8-31(26(34)23(18(2)3)30-27(35)36-28(5,6)7)24(21-14-15-22(32)19(4)16-21)25(33)29-17-20-12-10-9-11-13-20/h9-16,18,23-24,32H,8,17H2,1-7H3,(H,29,33)(H,30,35). The van der Waals surface area contributed by atoms with Crippen molar-refractivity contribution in [2.45, 2.75) is 72.7 Å². The average Bonchev–Trinajstić information content (AvgIpc) is 2.80. The van der Waals surface area contributed by atoms with Crippen LogP contribution in [-0.2, 0) is 20.9 Å². The second-order valence-electron chi connectivity index (χ2n) is 10.1. The first-order valence-electron chi connectivity index (χ1n) is 12.2. The Morgan fingerprint density at radius 3 is 2.22 bits per heavy atom. The minimum absolute atomic E-state index is 0.100. The molecule has 0 spiro atoms. The molecule has 196 valence electrons. The van der Waals surface area contributed by atoms with E-state index in [0.29, 0.717) is 17.7 Å². The van der Waals surface area contributed by atoms with Crippen molar-refractivity contribution in [2.75, 3.05) is 6.54 Å². The largest absolute Gasteiger partial charge is 0.508 e. The van der Waals surface area contributed by atoms with E-state index < -0.39 is 29.7 Å². The molecule has 8 nitrogen and oxygen atoms in total. The number of rotatable bonds is 9. The van der Waals surface area contributed by atoms with Crippen LogP contribution in [0.5, 0.6) is 5.75 Å². The fraction of sp³-hybridized carbons (Fsp3) is 0.464. The summed E-state index contributed by atoms with van der Waals surface area (Å²) < 4.78 is 5.36. The van der Waals surface area contributed by atoms with Crippen molar-refractivity contribution in [3.63, 3.8) is 0 Å². The van der Waals surface area contributed by atoms with Crippen molar-refractivity contribution in [1.29, 1.82) is 0 Å². The quantitative estimate of drug-likeness (QED) is 0.474. The van der Waals surface area contributed by atoms with Gasteiger partial charge in [-0.3, -0.25) is 9.59 Å². The molecule has 3 amide bonds. The molecule has 0 aliphatic rings. The number of ether oxygens (including phenoxy) is 1. The van der Waals surface area contributed by atoms with Crippen molar-refractivity contribution >= 4 is 17.9 Å². The molecule has 2 aromatic rings. The summed E-state index contributed by atoms with van der Waals surface area (Å²) in [5.74, 6) is -0.917. The monoisotopic (exact) mass is 497 g/mol. The molecule has 36 heavy (non-hydrogen) atoms. The number of aryl methyl sites for hydroxylation is 1. The third-order valence-electron chi connectivity index (χ3n) is 5.63. The Morgan fingerprint density at radius 2 is 1.69 bits per heavy atom. The van der Waals surface area contributed by atoms with Crippen LogP contribution in [0.15, 0.2) is 48.5 Å². The van der Waals surface area contributed by atoms with E-state index in [0.717, 1.165) is 5.56 Å². The van der Waals surface area contributed by atoms with Crippen molar-refractivity contribution in [1.82, 2.24) is 15.5 Å². The maximum atomic E-state index is 13.8. The molecular weight excluding hydrogens is 458 g/mol. The van der Waals surface area contributed by atoms with Crippen molar-refractivity contribution < 1.29 is 24.2 Å². The summed E-state index contributed by atoms with van der Waals surface area (Å²) in [5.41, 5.74) is 1.35. The van der Waals surface area contributed by atoms with Gasteiger partial charge in [0.1, 0.15) is 23.4 Å². The van der Waals surface area contributed by atoms with E-state index in [1.807, 2.05) is 44.2 Å². The Labute approximate surface area is 214 Å². The molecule has 2 rings (SSSR count). The van der Waals surface area contributed by atoms with E-state index >= 15 is 0 Å². The van der Waals surface area contributed by atoms with Crippen LogP contribution in [0.4, 0.5) is 4.79 Å². The molecule has 0 heterocycles. The van der Waals surface area contributed by atoms with Gasteiger partial charge in [-0.1, -0.05) is 50.2 Å². The number of alkyl carbamates (subject to hydrolysis) is 1. The molecular formula is C28H39N3O5. The highest BCUT2D eigenvalue weighted by atomic mass is 16.6. The number of carbonyl (C=O) groups excluding carboxylic acids is 3. The van der Waals surface area contributed by atoms with Crippen LogP contribution in [0.25, 0.3) is 0 Å². The van der Waals surface area contributed by atoms with Crippen LogP contribution in [0.2, 0.25) is 0 Å². The first-order valence-corrected chi connectivity index (χ1v) is 12.2. The molecule has 0 aromatic heterocycles. The van der Waals surface area contributed by atoms with Gasteiger partial charge in [0.05, 0.1) is 0 Å². The van der Waals surface area contributed by atoms with Gasteiger partial charge < -0.3 is 25.4 Å². The molecule has 2 aromatic carbocycles. The third kappa shape index (κ3) is 8.00. The number of likely N-dealkylation sites (N-methyl/N-ethyl adjacent to an activating group) is 1. The first kappa shape index (κ1) is 28.7. The number of hydrogen-bond donors (Lipinski definition) is 3. The van der Waals surface area contributed by atoms with Crippen LogP contribution in [0.3, 0.4) is 0 Å². The van der Waals surface area contributed by atoms with E-state index in [9.17, 15) is 19.5 Å². The smallest absolute Gasteiger partial charge is 0.408 e. The molecule has 0 saturated heterocycles. The number of amides is 3. The average molecular weight is 498 g/mol. The fourth-order valence-corrected chi connectivity index (χ4v) is 3.80. The minimum Gasteiger partial charge on any atom is -0.508 e. The Morgan fingerprint density at radius 1 is 1.06 bits per heavy atom. The summed E-state index contributed by atoms with van der Waals surface area (Å²) in [4.78, 5) is 41.3. The molecule has 8 heteroatoms. The van der Waals surface area contributed by atoms with Gasteiger partial charge in [0.2, 0.25) is 11.8 Å². The second-order valence-corrected chi connectivity index (χ2v) is 10.1. The summed E-state index contributed by atoms with van der Waals surface area (Å²) in [6.07, 6.45) is -0.698. The minimum atomic E-state index is -0.966. The van der Waals surface area contributed by atoms with Crippen LogP contribution in [-0.4, -0.2) is 46.1 Å². The zero-order chi connectivity index (χ0) is 27.0. The number of aromatic hydroxyl groups is 1. The number of phenolic OH excluding ortho intramolecular Hbond substituents is 1. The zero-order valence-electron chi connectivity index (χ0n) is 22.3. The Hall–Kier alpha value is -3.55. The molecule has 2 unspecified atom stereocenters. The van der Waals surface area contributed by atoms with Gasteiger partial charge in [0.15, 0.2) is 0 Å². The zero-order valence-corrected chi connectivity index (χ0v) is 22.3. The lowest BCUT2D eigenvalue weighted by molar-refractivity contribution is -0.143. The van der Waals surface area contributed by atoms with E-state index in [2.05, 4.69) is 10.6 Å². The topological polar surface area (TPSA) is 108 Å². The molecule has 3 N–H and O–H groups in total. The predicted octanol–water partition coefficient (Wildman–Crippen LogP) is 4.46. The van der Waals surface area contributed by atoms with Gasteiger partial charge in [0.25, 0.3) is 0 Å². The highest BCUT2D eigenvalue weighted by Gasteiger charge is 2.36. The van der Waals surface area contributed by atoms with Crippen LogP contribution in [0.1, 0.15) is 64.3 Å². The van der Waals surface area contributed by atoms with Crippen molar-refractivity contribution in [2.24, 2.45) is 5.92 Å². The van der Waals surface area contributed by atoms with Gasteiger partial charge in [-0.15, -0.1) is 0 Å². The third-order valence-corrected chi connectivity index (χ3v) is 5.63. The Balaban J connectivity index is 2.40. The van der Waals surface area contributed by atoms with Gasteiger partial charge >= 0.3 is 6.09 Å². The summed E-state index contributed by atoms with van der Waals surface area (Å²) in [6.45, 7) is 12.9. The Kier molecular flexibility index (Phi) is 9.90. The van der Waals surface area contributed by atoms with E-state index in [-0.39, 0.29) is 24.1 Å². The first-order chi connectivity index (χ1) is 16.8. The second kappa shape index (κ2) is 12.4. The number of hydrogen-bond acceptors (Lipinski definition) is 5. The van der Waals surface area contributed by atoms with Crippen molar-refractivity contribution in [3.05, 3.63) is 65.2 Å². The predicted molar refractivity (Wildman–Crippen MR) is 139 cm³/mol. The van der Waals surface area contributed by atoms with E-state index in [1.165, 1.54) is 11.0 Å². The number of benzene rings is 2. The number of phenols is 1. The lowest BCUT2D eigenvalue weighted by Gasteiger charge is -2.35. The molecule has 0 radical (unpaired) electrons. The summed E-state index contributed by atoms with van der Waals surface area (Å²) in [5, 5.41) is 15.7. The van der Waals surface area contributed by atoms with Crippen LogP contribution in [0, 0.1) is 12.8 Å². The van der Waals surface area contributed by atoms with Crippen LogP contribution < -0.4 is 10.6 Å². The number of carbonyl (C=O) groups is 3. The van der Waals surface area contributed by atoms with Crippen molar-refractivity contribution in [3.8, 4) is 5.75 Å². The van der Waals surface area contributed by atoms with E-state index in [1.54, 1.807) is 46.8 Å². The molecule has 0 bridgehead atoms. The van der Waals surface area contributed by atoms with Crippen LogP contribution >= 0.6 is 0 Å². The SMILES string of the molecule is CCN(C(=O)C(NC(=O)OC(C)(C)C)C(C)C)C(C(=O)NCc1ccccc1)c1ccc(O)c(C)c1. The highest BCUT2D eigenvalue weighted by molar-refractivity contribution is 5.92.